The Morgan fingerprint density at radius 2 is 1.26 bits per heavy atom. The molecule has 4 heteroatoms. The molecule has 0 spiro atoms. The van der Waals surface area contributed by atoms with Gasteiger partial charge in [0.15, 0.2) is 5.92 Å². The van der Waals surface area contributed by atoms with E-state index in [0.717, 1.165) is 11.1 Å². The van der Waals surface area contributed by atoms with Crippen LogP contribution in [0.2, 0.25) is 0 Å². The molecule has 0 fully saturated rings. The lowest BCUT2D eigenvalue weighted by Gasteiger charge is -2.30. The summed E-state index contributed by atoms with van der Waals surface area (Å²) in [6.45, 7) is 1.95. The van der Waals surface area contributed by atoms with Crippen molar-refractivity contribution in [3.8, 4) is 0 Å². The molecule has 2 aromatic rings. The van der Waals surface area contributed by atoms with Crippen molar-refractivity contribution in [3.63, 3.8) is 0 Å². The van der Waals surface area contributed by atoms with E-state index in [9.17, 15) is 19.8 Å². The quantitative estimate of drug-likeness (QED) is 0.764. The molecule has 4 nitrogen and oxygen atoms in total. The Morgan fingerprint density at radius 3 is 1.65 bits per heavy atom. The van der Waals surface area contributed by atoms with Crippen molar-refractivity contribution < 1.29 is 19.8 Å². The van der Waals surface area contributed by atoms with E-state index < -0.39 is 23.8 Å². The van der Waals surface area contributed by atoms with Gasteiger partial charge in [0.2, 0.25) is 0 Å². The zero-order chi connectivity index (χ0) is 16.8. The molecule has 2 N–H and O–H groups in total. The van der Waals surface area contributed by atoms with Gasteiger partial charge in [-0.3, -0.25) is 9.59 Å². The third-order valence-electron chi connectivity index (χ3n) is 4.18. The van der Waals surface area contributed by atoms with Crippen LogP contribution in [0.5, 0.6) is 0 Å². The molecule has 0 aliphatic rings. The highest BCUT2D eigenvalue weighted by Crippen LogP contribution is 2.41. The summed E-state index contributed by atoms with van der Waals surface area (Å²) in [4.78, 5) is 23.3. The van der Waals surface area contributed by atoms with E-state index in [1.165, 1.54) is 0 Å². The van der Waals surface area contributed by atoms with E-state index in [4.69, 9.17) is 0 Å². The number of carboxylic acids is 2. The highest BCUT2D eigenvalue weighted by Gasteiger charge is 2.40. The average Bonchev–Trinajstić information content (AvgIpc) is 2.55. The van der Waals surface area contributed by atoms with E-state index in [-0.39, 0.29) is 5.92 Å². The topological polar surface area (TPSA) is 74.6 Å². The lowest BCUT2D eigenvalue weighted by Crippen LogP contribution is -2.33. The molecule has 2 atom stereocenters. The molecule has 0 saturated heterocycles. The highest BCUT2D eigenvalue weighted by atomic mass is 16.4. The van der Waals surface area contributed by atoms with Crippen molar-refractivity contribution in [1.82, 2.24) is 0 Å². The van der Waals surface area contributed by atoms with Gasteiger partial charge in [0.25, 0.3) is 0 Å². The molecule has 0 aromatic heterocycles. The van der Waals surface area contributed by atoms with Crippen LogP contribution in [0.1, 0.15) is 36.3 Å². The van der Waals surface area contributed by atoms with Crippen LogP contribution in [-0.4, -0.2) is 22.2 Å². The van der Waals surface area contributed by atoms with Crippen molar-refractivity contribution in [2.45, 2.75) is 25.2 Å². The number of benzene rings is 2. The smallest absolute Gasteiger partial charge is 0.318 e. The first kappa shape index (κ1) is 16.7. The summed E-state index contributed by atoms with van der Waals surface area (Å²) in [6, 6.07) is 18.6. The van der Waals surface area contributed by atoms with E-state index >= 15 is 0 Å². The van der Waals surface area contributed by atoms with Gasteiger partial charge in [-0.2, -0.15) is 0 Å². The van der Waals surface area contributed by atoms with Gasteiger partial charge < -0.3 is 10.2 Å². The molecule has 120 valence electrons. The largest absolute Gasteiger partial charge is 0.481 e. The van der Waals surface area contributed by atoms with Gasteiger partial charge in [0.05, 0.1) is 0 Å². The molecule has 2 rings (SSSR count). The van der Waals surface area contributed by atoms with Crippen LogP contribution in [-0.2, 0) is 9.59 Å². The molecule has 0 aliphatic carbocycles. The van der Waals surface area contributed by atoms with Crippen LogP contribution >= 0.6 is 0 Å². The number of aliphatic carboxylic acids is 2. The maximum absolute atomic E-state index is 11.6. The Bertz CT molecular complexity index is 638. The second-order valence-electron chi connectivity index (χ2n) is 5.52. The Hall–Kier alpha value is -2.62. The minimum atomic E-state index is -1.48. The Labute approximate surface area is 135 Å². The van der Waals surface area contributed by atoms with Crippen LogP contribution in [0.3, 0.4) is 0 Å². The zero-order valence-corrected chi connectivity index (χ0v) is 12.9. The molecular weight excluding hydrogens is 292 g/mol. The number of carboxylic acid groups (broad SMARTS) is 2. The zero-order valence-electron chi connectivity index (χ0n) is 12.9. The average molecular weight is 312 g/mol. The van der Waals surface area contributed by atoms with Crippen molar-refractivity contribution in [3.05, 3.63) is 71.8 Å². The number of rotatable bonds is 7. The first-order valence-electron chi connectivity index (χ1n) is 7.61. The van der Waals surface area contributed by atoms with Crippen LogP contribution in [0.15, 0.2) is 60.7 Å². The van der Waals surface area contributed by atoms with Gasteiger partial charge in [0.1, 0.15) is 0 Å². The molecule has 0 heterocycles. The predicted molar refractivity (Wildman–Crippen MR) is 87.4 cm³/mol. The number of hydrogen-bond donors (Lipinski definition) is 2. The fraction of sp³-hybridized carbons (Fsp3) is 0.263. The van der Waals surface area contributed by atoms with Gasteiger partial charge in [-0.05, 0) is 23.5 Å². The number of carbonyl (C=O) groups is 2. The summed E-state index contributed by atoms with van der Waals surface area (Å²) >= 11 is 0. The van der Waals surface area contributed by atoms with E-state index in [1.54, 1.807) is 24.3 Å². The molecule has 23 heavy (non-hydrogen) atoms. The molecule has 2 unspecified atom stereocenters. The Balaban J connectivity index is 2.56. The van der Waals surface area contributed by atoms with Crippen LogP contribution in [0, 0.1) is 5.92 Å². The predicted octanol–water partition coefficient (Wildman–Crippen LogP) is 3.75. The summed E-state index contributed by atoms with van der Waals surface area (Å²) in [6.07, 6.45) is 0.653. The SMILES string of the molecule is CCC(c1ccccc1)C(c1ccccc1)C(C(=O)O)C(=O)O. The Morgan fingerprint density at radius 1 is 0.826 bits per heavy atom. The van der Waals surface area contributed by atoms with Gasteiger partial charge in [0, 0.05) is 5.92 Å². The third-order valence-corrected chi connectivity index (χ3v) is 4.18. The van der Waals surface area contributed by atoms with Crippen molar-refractivity contribution >= 4 is 11.9 Å². The fourth-order valence-electron chi connectivity index (χ4n) is 3.14. The van der Waals surface area contributed by atoms with Gasteiger partial charge >= 0.3 is 11.9 Å². The lowest BCUT2D eigenvalue weighted by molar-refractivity contribution is -0.156. The maximum atomic E-state index is 11.6. The monoisotopic (exact) mass is 312 g/mol. The lowest BCUT2D eigenvalue weighted by atomic mass is 9.72. The summed E-state index contributed by atoms with van der Waals surface area (Å²) in [5.74, 6) is -4.90. The summed E-state index contributed by atoms with van der Waals surface area (Å²) in [5, 5.41) is 19.0. The molecule has 0 amide bonds. The molecule has 0 saturated carbocycles. The molecular formula is C19H20O4. The molecule has 0 aliphatic heterocycles. The fourth-order valence-corrected chi connectivity index (χ4v) is 3.14. The van der Waals surface area contributed by atoms with E-state index in [0.29, 0.717) is 6.42 Å². The second kappa shape index (κ2) is 7.58. The molecule has 2 aromatic carbocycles. The van der Waals surface area contributed by atoms with Gasteiger partial charge in [-0.1, -0.05) is 67.6 Å². The summed E-state index contributed by atoms with van der Waals surface area (Å²) in [7, 11) is 0. The normalized spacial score (nSPS) is 13.5. The van der Waals surface area contributed by atoms with Crippen molar-refractivity contribution in [1.29, 1.82) is 0 Å². The maximum Gasteiger partial charge on any atom is 0.318 e. The number of hydrogen-bond acceptors (Lipinski definition) is 2. The van der Waals surface area contributed by atoms with Crippen molar-refractivity contribution in [2.75, 3.05) is 0 Å². The minimum Gasteiger partial charge on any atom is -0.481 e. The molecule has 0 bridgehead atoms. The van der Waals surface area contributed by atoms with Gasteiger partial charge in [-0.15, -0.1) is 0 Å². The van der Waals surface area contributed by atoms with Gasteiger partial charge in [-0.25, -0.2) is 0 Å². The van der Waals surface area contributed by atoms with Crippen LogP contribution < -0.4 is 0 Å². The van der Waals surface area contributed by atoms with Crippen molar-refractivity contribution in [2.24, 2.45) is 5.92 Å². The summed E-state index contributed by atoms with van der Waals surface area (Å²) in [5.41, 5.74) is 1.69. The highest BCUT2D eigenvalue weighted by molar-refractivity contribution is 5.94. The molecule has 0 radical (unpaired) electrons. The first-order valence-corrected chi connectivity index (χ1v) is 7.61. The second-order valence-corrected chi connectivity index (χ2v) is 5.52. The third kappa shape index (κ3) is 3.77. The van der Waals surface area contributed by atoms with Crippen LogP contribution in [0.4, 0.5) is 0 Å². The van der Waals surface area contributed by atoms with E-state index in [1.807, 2.05) is 43.3 Å². The minimum absolute atomic E-state index is 0.184. The summed E-state index contributed by atoms with van der Waals surface area (Å²) < 4.78 is 0. The van der Waals surface area contributed by atoms with Crippen LogP contribution in [0.25, 0.3) is 0 Å². The first-order chi connectivity index (χ1) is 11.1. The standard InChI is InChI=1S/C19H20O4/c1-2-15(13-9-5-3-6-10-13)16(14-11-7-4-8-12-14)17(18(20)21)19(22)23/h3-12,15-17H,2H2,1H3,(H,20,21)(H,22,23). The van der Waals surface area contributed by atoms with E-state index in [2.05, 4.69) is 0 Å². The Kier molecular flexibility index (Phi) is 5.52.